The van der Waals surface area contributed by atoms with Crippen LogP contribution < -0.4 is 4.74 Å². The van der Waals surface area contributed by atoms with Crippen molar-refractivity contribution in [3.8, 4) is 17.9 Å². The number of hydrogen-bond donors (Lipinski definition) is 0. The van der Waals surface area contributed by atoms with Crippen LogP contribution in [0.1, 0.15) is 5.56 Å². The van der Waals surface area contributed by atoms with Crippen LogP contribution in [0.15, 0.2) is 28.4 Å². The van der Waals surface area contributed by atoms with E-state index in [0.717, 1.165) is 44.2 Å². The van der Waals surface area contributed by atoms with E-state index in [1.807, 2.05) is 12.1 Å². The third kappa shape index (κ3) is 4.26. The van der Waals surface area contributed by atoms with Gasteiger partial charge < -0.3 is 9.47 Å². The number of morpholine rings is 1. The van der Waals surface area contributed by atoms with Crippen LogP contribution in [0, 0.1) is 22.7 Å². The monoisotopic (exact) mass is 299 g/mol. The first kappa shape index (κ1) is 15.9. The Balaban J connectivity index is 2.15. The number of nitriles is 2. The predicted octanol–water partition coefficient (Wildman–Crippen LogP) is 2.03. The fourth-order valence-electron chi connectivity index (χ4n) is 2.16. The number of nitrogens with zero attached hydrogens (tertiary/aromatic N) is 5. The number of methoxy groups -OCH3 is 1. The summed E-state index contributed by atoms with van der Waals surface area (Å²) in [6.07, 6.45) is 0. The minimum absolute atomic E-state index is 0.597. The summed E-state index contributed by atoms with van der Waals surface area (Å²) in [6, 6.07) is 7.86. The second-order valence-electron chi connectivity index (χ2n) is 4.76. The summed E-state index contributed by atoms with van der Waals surface area (Å²) in [7, 11) is 1.63. The van der Waals surface area contributed by atoms with E-state index in [-0.39, 0.29) is 0 Å². The number of benzene rings is 1. The molecule has 0 radical (unpaired) electrons. The van der Waals surface area contributed by atoms with Crippen LogP contribution in [-0.4, -0.2) is 44.4 Å². The Hall–Kier alpha value is -2.48. The van der Waals surface area contributed by atoms with Gasteiger partial charge in [0.15, 0.2) is 0 Å². The highest BCUT2D eigenvalue weighted by atomic mass is 16.5. The zero-order valence-corrected chi connectivity index (χ0v) is 12.4. The van der Waals surface area contributed by atoms with Crippen molar-refractivity contribution in [3.63, 3.8) is 0 Å². The van der Waals surface area contributed by atoms with Gasteiger partial charge in [-0.25, -0.2) is 0 Å². The lowest BCUT2D eigenvalue weighted by atomic mass is 10.1. The Morgan fingerprint density at radius 1 is 1.32 bits per heavy atom. The lowest BCUT2D eigenvalue weighted by Crippen LogP contribution is -2.35. The highest BCUT2D eigenvalue weighted by Crippen LogP contribution is 2.26. The third-order valence-corrected chi connectivity index (χ3v) is 3.29. The Morgan fingerprint density at radius 2 is 2.05 bits per heavy atom. The van der Waals surface area contributed by atoms with Gasteiger partial charge in [-0.15, -0.1) is 0 Å². The van der Waals surface area contributed by atoms with Crippen LogP contribution in [0.2, 0.25) is 0 Å². The van der Waals surface area contributed by atoms with Crippen molar-refractivity contribution in [3.05, 3.63) is 23.8 Å². The molecule has 0 unspecified atom stereocenters. The summed E-state index contributed by atoms with van der Waals surface area (Å²) in [5.74, 6) is 0.780. The van der Waals surface area contributed by atoms with Crippen LogP contribution in [-0.2, 0) is 11.3 Å². The van der Waals surface area contributed by atoms with E-state index in [9.17, 15) is 0 Å². The first-order chi connectivity index (χ1) is 10.8. The molecule has 1 saturated heterocycles. The molecule has 2 rings (SSSR count). The molecule has 0 atom stereocenters. The quantitative estimate of drug-likeness (QED) is 0.775. The van der Waals surface area contributed by atoms with E-state index in [0.29, 0.717) is 5.69 Å². The lowest BCUT2D eigenvalue weighted by molar-refractivity contribution is 0.0339. The molecule has 0 N–H and O–H groups in total. The van der Waals surface area contributed by atoms with Crippen molar-refractivity contribution in [2.24, 2.45) is 10.2 Å². The molecule has 0 bridgehead atoms. The Bertz CT molecular complexity index is 597. The van der Waals surface area contributed by atoms with Gasteiger partial charge in [-0.1, -0.05) is 0 Å². The molecule has 1 aromatic carbocycles. The summed E-state index contributed by atoms with van der Waals surface area (Å²) in [5.41, 5.74) is 1.59. The molecule has 0 spiro atoms. The number of azo groups is 1. The highest BCUT2D eigenvalue weighted by Gasteiger charge is 2.14. The van der Waals surface area contributed by atoms with Gasteiger partial charge in [0, 0.05) is 25.2 Å². The molecule has 7 heteroatoms. The van der Waals surface area contributed by atoms with E-state index in [4.69, 9.17) is 20.0 Å². The summed E-state index contributed by atoms with van der Waals surface area (Å²) in [4.78, 5) is 2.27. The molecule has 1 aromatic rings. The maximum atomic E-state index is 8.69. The highest BCUT2D eigenvalue weighted by molar-refractivity contribution is 5.47. The van der Waals surface area contributed by atoms with Crippen LogP contribution in [0.5, 0.6) is 5.75 Å². The minimum Gasteiger partial charge on any atom is -0.496 e. The van der Waals surface area contributed by atoms with Gasteiger partial charge in [0.1, 0.15) is 17.9 Å². The van der Waals surface area contributed by atoms with Gasteiger partial charge >= 0.3 is 0 Å². The van der Waals surface area contributed by atoms with E-state index < -0.39 is 6.04 Å². The molecule has 22 heavy (non-hydrogen) atoms. The molecule has 7 nitrogen and oxygen atoms in total. The molecule has 1 aliphatic rings. The second-order valence-corrected chi connectivity index (χ2v) is 4.76. The zero-order valence-electron chi connectivity index (χ0n) is 12.4. The molecule has 0 saturated carbocycles. The standard InChI is InChI=1S/C15H17N5O2/c1-21-15-3-2-13(18-19-14(9-16)10-17)8-12(15)11-20-4-6-22-7-5-20/h2-3,8,14H,4-7,11H2,1H3. The second kappa shape index (κ2) is 8.08. The molecule has 0 aliphatic carbocycles. The van der Waals surface area contributed by atoms with E-state index >= 15 is 0 Å². The zero-order chi connectivity index (χ0) is 15.8. The van der Waals surface area contributed by atoms with E-state index in [2.05, 4.69) is 15.1 Å². The van der Waals surface area contributed by atoms with E-state index in [1.54, 1.807) is 25.3 Å². The van der Waals surface area contributed by atoms with Gasteiger partial charge in [-0.05, 0) is 18.2 Å². The van der Waals surface area contributed by atoms with Crippen molar-refractivity contribution in [1.82, 2.24) is 4.90 Å². The van der Waals surface area contributed by atoms with Gasteiger partial charge in [0.05, 0.1) is 26.0 Å². The molecular formula is C15H17N5O2. The van der Waals surface area contributed by atoms with Gasteiger partial charge in [0.2, 0.25) is 6.04 Å². The maximum Gasteiger partial charge on any atom is 0.242 e. The van der Waals surface area contributed by atoms with Crippen LogP contribution in [0.25, 0.3) is 0 Å². The SMILES string of the molecule is COc1ccc(N=NC(C#N)C#N)cc1CN1CCOCC1. The summed E-state index contributed by atoms with van der Waals surface area (Å²) in [6.45, 7) is 3.94. The molecule has 114 valence electrons. The predicted molar refractivity (Wildman–Crippen MR) is 78.6 cm³/mol. The van der Waals surface area contributed by atoms with Gasteiger partial charge in [0.25, 0.3) is 0 Å². The largest absolute Gasteiger partial charge is 0.496 e. The van der Waals surface area contributed by atoms with Crippen molar-refractivity contribution in [1.29, 1.82) is 10.5 Å². The topological polar surface area (TPSA) is 94.0 Å². The lowest BCUT2D eigenvalue weighted by Gasteiger charge is -2.27. The van der Waals surface area contributed by atoms with E-state index in [1.165, 1.54) is 0 Å². The Labute approximate surface area is 129 Å². The van der Waals surface area contributed by atoms with Crippen molar-refractivity contribution in [2.45, 2.75) is 12.6 Å². The number of hydrogen-bond acceptors (Lipinski definition) is 7. The number of rotatable bonds is 5. The van der Waals surface area contributed by atoms with Crippen LogP contribution in [0.3, 0.4) is 0 Å². The average Bonchev–Trinajstić information content (AvgIpc) is 2.57. The Kier molecular flexibility index (Phi) is 5.84. The first-order valence-electron chi connectivity index (χ1n) is 6.94. The summed E-state index contributed by atoms with van der Waals surface area (Å²) >= 11 is 0. The average molecular weight is 299 g/mol. The molecule has 0 aromatic heterocycles. The first-order valence-corrected chi connectivity index (χ1v) is 6.94. The van der Waals surface area contributed by atoms with Crippen molar-refractivity contribution >= 4 is 5.69 Å². The smallest absolute Gasteiger partial charge is 0.242 e. The van der Waals surface area contributed by atoms with Crippen LogP contribution >= 0.6 is 0 Å². The molecular weight excluding hydrogens is 282 g/mol. The van der Waals surface area contributed by atoms with Crippen molar-refractivity contribution < 1.29 is 9.47 Å². The maximum absolute atomic E-state index is 8.69. The molecule has 1 heterocycles. The number of ether oxygens (including phenoxy) is 2. The van der Waals surface area contributed by atoms with Gasteiger partial charge in [-0.2, -0.15) is 20.8 Å². The minimum atomic E-state index is -1.08. The Morgan fingerprint density at radius 3 is 2.68 bits per heavy atom. The fourth-order valence-corrected chi connectivity index (χ4v) is 2.16. The van der Waals surface area contributed by atoms with Crippen molar-refractivity contribution in [2.75, 3.05) is 33.4 Å². The molecule has 0 amide bonds. The fraction of sp³-hybridized carbons (Fsp3) is 0.467. The summed E-state index contributed by atoms with van der Waals surface area (Å²) < 4.78 is 10.7. The summed E-state index contributed by atoms with van der Waals surface area (Å²) in [5, 5.41) is 25.0. The molecule has 1 fully saturated rings. The van der Waals surface area contributed by atoms with Crippen LogP contribution in [0.4, 0.5) is 5.69 Å². The van der Waals surface area contributed by atoms with Gasteiger partial charge in [-0.3, -0.25) is 4.90 Å². The normalized spacial score (nSPS) is 15.6. The third-order valence-electron chi connectivity index (χ3n) is 3.29. The molecule has 1 aliphatic heterocycles.